The number of phosphoric ester groups is 1. The Hall–Kier alpha value is -0.990. The summed E-state index contributed by atoms with van der Waals surface area (Å²) in [4.78, 5) is 35.7. The molecule has 0 aliphatic carbocycles. The molecule has 0 spiro atoms. The van der Waals surface area contributed by atoms with Gasteiger partial charge in [-0.2, -0.15) is 0 Å². The van der Waals surface area contributed by atoms with Crippen LogP contribution < -0.4 is 0 Å². The lowest BCUT2D eigenvalue weighted by Gasteiger charge is -2.24. The third kappa shape index (κ3) is 64.1. The summed E-state index contributed by atoms with van der Waals surface area (Å²) in [5.41, 5.74) is 0. The fourth-order valence-electron chi connectivity index (χ4n) is 10.6. The maximum atomic E-state index is 12.8. The number of carbonyl (C=O) groups is 2. The van der Waals surface area contributed by atoms with E-state index < -0.39 is 26.5 Å². The van der Waals surface area contributed by atoms with E-state index in [-0.39, 0.29) is 25.6 Å². The molecule has 0 fully saturated rings. The molecule has 0 saturated carbocycles. The second-order valence-corrected chi connectivity index (χ2v) is 26.4. The van der Waals surface area contributed by atoms with Crippen molar-refractivity contribution < 1.29 is 42.1 Å². The quantitative estimate of drug-likeness (QED) is 0.0278. The van der Waals surface area contributed by atoms with E-state index >= 15 is 0 Å². The molecule has 0 aliphatic rings. The highest BCUT2D eigenvalue weighted by molar-refractivity contribution is 7.47. The number of quaternary nitrogens is 1. The predicted octanol–water partition coefficient (Wildman–Crippen LogP) is 21.8. The van der Waals surface area contributed by atoms with Crippen LogP contribution in [0.3, 0.4) is 0 Å². The molecule has 0 saturated heterocycles. The van der Waals surface area contributed by atoms with E-state index in [4.69, 9.17) is 18.5 Å². The molecule has 9 nitrogen and oxygen atoms in total. The monoisotopic (exact) mass is 1110 g/mol. The van der Waals surface area contributed by atoms with Gasteiger partial charge in [0.2, 0.25) is 0 Å². The number of ether oxygens (including phenoxy) is 2. The maximum Gasteiger partial charge on any atom is 0.472 e. The first-order chi connectivity index (χ1) is 37.5. The first-order valence-electron chi connectivity index (χ1n) is 34.3. The van der Waals surface area contributed by atoms with E-state index in [1.54, 1.807) is 0 Å². The first kappa shape index (κ1) is 76.0. The highest BCUT2D eigenvalue weighted by atomic mass is 31.2. The van der Waals surface area contributed by atoms with E-state index in [1.807, 2.05) is 21.1 Å². The summed E-state index contributed by atoms with van der Waals surface area (Å²) in [6.07, 6.45) is 70.9. The van der Waals surface area contributed by atoms with Gasteiger partial charge in [-0.15, -0.1) is 0 Å². The van der Waals surface area contributed by atoms with Crippen molar-refractivity contribution in [2.75, 3.05) is 47.5 Å². The van der Waals surface area contributed by atoms with E-state index in [9.17, 15) is 19.0 Å². The molecule has 0 aromatic heterocycles. The van der Waals surface area contributed by atoms with Crippen molar-refractivity contribution in [3.63, 3.8) is 0 Å². The fourth-order valence-corrected chi connectivity index (χ4v) is 11.4. The number of esters is 2. The largest absolute Gasteiger partial charge is 0.472 e. The molecular weight excluding hydrogens is 978 g/mol. The number of phosphoric acid groups is 1. The van der Waals surface area contributed by atoms with Crippen LogP contribution in [0.4, 0.5) is 0 Å². The summed E-state index contributed by atoms with van der Waals surface area (Å²) in [6.45, 7) is 4.51. The third-order valence-corrected chi connectivity index (χ3v) is 16.9. The zero-order valence-corrected chi connectivity index (χ0v) is 53.4. The second kappa shape index (κ2) is 59.6. The molecule has 0 heterocycles. The standard InChI is InChI=1S/C67H134NO8P/c1-6-8-10-12-14-16-18-20-22-23-24-25-26-27-28-29-30-31-32-33-34-35-36-37-38-39-40-41-42-43-44-45-46-48-50-52-54-56-58-60-67(70)76-65(64-75-77(71,72)74-62-61-68(3,4)5)63-73-66(69)59-57-55-53-51-49-47-21-19-17-15-13-11-9-7-2/h65H,6-64H2,1-5H3/p+1. The molecule has 2 atom stereocenters. The van der Waals surface area contributed by atoms with Crippen molar-refractivity contribution in [2.45, 2.75) is 373 Å². The molecule has 2 unspecified atom stereocenters. The van der Waals surface area contributed by atoms with E-state index in [0.717, 1.165) is 38.5 Å². The van der Waals surface area contributed by atoms with Gasteiger partial charge in [0.05, 0.1) is 27.7 Å². The minimum absolute atomic E-state index is 0.0374. The van der Waals surface area contributed by atoms with Crippen LogP contribution in [0.2, 0.25) is 0 Å². The van der Waals surface area contributed by atoms with Crippen molar-refractivity contribution in [3.8, 4) is 0 Å². The number of unbranched alkanes of at least 4 members (excludes halogenated alkanes) is 51. The summed E-state index contributed by atoms with van der Waals surface area (Å²) in [7, 11) is 1.50. The SMILES string of the molecule is CCCCCCCCCCCCCCCCCCCCCCCCCCCCCCCCCCCCCCCCCC(=O)OC(COC(=O)CCCCCCCCCCCCCCCC)COP(=O)(O)OCC[N+](C)(C)C. The topological polar surface area (TPSA) is 108 Å². The molecule has 0 amide bonds. The molecule has 460 valence electrons. The Balaban J connectivity index is 3.82. The van der Waals surface area contributed by atoms with Gasteiger partial charge in [0.25, 0.3) is 0 Å². The summed E-state index contributed by atoms with van der Waals surface area (Å²) in [6, 6.07) is 0. The number of rotatable bonds is 65. The highest BCUT2D eigenvalue weighted by Gasteiger charge is 2.27. The first-order valence-corrected chi connectivity index (χ1v) is 35.8. The lowest BCUT2D eigenvalue weighted by atomic mass is 10.0. The Morgan fingerprint density at radius 1 is 0.351 bits per heavy atom. The van der Waals surface area contributed by atoms with E-state index in [0.29, 0.717) is 17.4 Å². The van der Waals surface area contributed by atoms with Gasteiger partial charge >= 0.3 is 19.8 Å². The van der Waals surface area contributed by atoms with Gasteiger partial charge in [-0.25, -0.2) is 4.57 Å². The van der Waals surface area contributed by atoms with Gasteiger partial charge < -0.3 is 18.9 Å². The Morgan fingerprint density at radius 3 is 0.831 bits per heavy atom. The van der Waals surface area contributed by atoms with E-state index in [1.165, 1.54) is 302 Å². The number of nitrogens with zero attached hydrogens (tertiary/aromatic N) is 1. The number of hydrogen-bond acceptors (Lipinski definition) is 7. The van der Waals surface area contributed by atoms with Gasteiger partial charge in [0, 0.05) is 12.8 Å². The fraction of sp³-hybridized carbons (Fsp3) is 0.970. The minimum atomic E-state index is -4.38. The minimum Gasteiger partial charge on any atom is -0.462 e. The van der Waals surface area contributed by atoms with Crippen LogP contribution in [0.15, 0.2) is 0 Å². The molecule has 0 aromatic carbocycles. The van der Waals surface area contributed by atoms with Crippen molar-refractivity contribution in [1.82, 2.24) is 0 Å². The third-order valence-electron chi connectivity index (χ3n) is 15.9. The van der Waals surface area contributed by atoms with Crippen molar-refractivity contribution in [3.05, 3.63) is 0 Å². The Morgan fingerprint density at radius 2 is 0.584 bits per heavy atom. The molecule has 0 bridgehead atoms. The predicted molar refractivity (Wildman–Crippen MR) is 331 cm³/mol. The zero-order valence-electron chi connectivity index (χ0n) is 52.5. The highest BCUT2D eigenvalue weighted by Crippen LogP contribution is 2.43. The Bertz CT molecular complexity index is 1260. The molecule has 10 heteroatoms. The van der Waals surface area contributed by atoms with Crippen molar-refractivity contribution in [2.24, 2.45) is 0 Å². The zero-order chi connectivity index (χ0) is 56.3. The van der Waals surface area contributed by atoms with Crippen LogP contribution in [0.25, 0.3) is 0 Å². The molecule has 77 heavy (non-hydrogen) atoms. The van der Waals surface area contributed by atoms with Gasteiger partial charge in [0.1, 0.15) is 19.8 Å². The molecule has 0 radical (unpaired) electrons. The normalized spacial score (nSPS) is 13.1. The second-order valence-electron chi connectivity index (χ2n) is 24.9. The van der Waals surface area contributed by atoms with Gasteiger partial charge in [-0.3, -0.25) is 18.6 Å². The smallest absolute Gasteiger partial charge is 0.462 e. The molecule has 0 aromatic rings. The van der Waals surface area contributed by atoms with Crippen LogP contribution in [-0.4, -0.2) is 74.9 Å². The van der Waals surface area contributed by atoms with Crippen LogP contribution in [-0.2, 0) is 32.7 Å². The number of likely N-dealkylation sites (N-methyl/N-ethyl adjacent to an activating group) is 1. The molecule has 0 rings (SSSR count). The van der Waals surface area contributed by atoms with Crippen LogP contribution in [0, 0.1) is 0 Å². The number of carbonyl (C=O) groups excluding carboxylic acids is 2. The lowest BCUT2D eigenvalue weighted by molar-refractivity contribution is -0.870. The van der Waals surface area contributed by atoms with Gasteiger partial charge in [-0.05, 0) is 12.8 Å². The Labute approximate surface area is 480 Å². The van der Waals surface area contributed by atoms with E-state index in [2.05, 4.69) is 13.8 Å². The Kier molecular flexibility index (Phi) is 58.9. The van der Waals surface area contributed by atoms with Crippen molar-refractivity contribution in [1.29, 1.82) is 0 Å². The van der Waals surface area contributed by atoms with Crippen LogP contribution in [0.5, 0.6) is 0 Å². The van der Waals surface area contributed by atoms with Crippen LogP contribution >= 0.6 is 7.82 Å². The molecular formula is C67H135NO8P+. The van der Waals surface area contributed by atoms with Crippen LogP contribution in [0.1, 0.15) is 367 Å². The lowest BCUT2D eigenvalue weighted by Crippen LogP contribution is -2.37. The molecule has 1 N–H and O–H groups in total. The van der Waals surface area contributed by atoms with Crippen molar-refractivity contribution >= 4 is 19.8 Å². The summed E-state index contributed by atoms with van der Waals surface area (Å²) < 4.78 is 34.6. The summed E-state index contributed by atoms with van der Waals surface area (Å²) in [5, 5.41) is 0. The summed E-state index contributed by atoms with van der Waals surface area (Å²) >= 11 is 0. The van der Waals surface area contributed by atoms with Gasteiger partial charge in [0.15, 0.2) is 6.10 Å². The average molecular weight is 1110 g/mol. The number of hydrogen-bond donors (Lipinski definition) is 1. The average Bonchev–Trinajstić information content (AvgIpc) is 3.39. The van der Waals surface area contributed by atoms with Gasteiger partial charge in [-0.1, -0.05) is 341 Å². The maximum absolute atomic E-state index is 12.8. The summed E-state index contributed by atoms with van der Waals surface area (Å²) in [5.74, 6) is -0.773. The molecule has 0 aliphatic heterocycles.